The molecule has 100 valence electrons. The third-order valence-corrected chi connectivity index (χ3v) is 5.57. The van der Waals surface area contributed by atoms with E-state index < -0.39 is 9.84 Å². The van der Waals surface area contributed by atoms with E-state index in [4.69, 9.17) is 0 Å². The van der Waals surface area contributed by atoms with E-state index in [1.165, 1.54) is 19.1 Å². The van der Waals surface area contributed by atoms with Crippen LogP contribution in [0.15, 0.2) is 34.1 Å². The Morgan fingerprint density at radius 1 is 1.22 bits per heavy atom. The summed E-state index contributed by atoms with van der Waals surface area (Å²) in [7, 11) is -3.07. The minimum Gasteiger partial charge on any atom is -0.317 e. The molecule has 2 rings (SSSR count). The van der Waals surface area contributed by atoms with Crippen LogP contribution in [0.2, 0.25) is 0 Å². The molecule has 1 aliphatic heterocycles. The highest BCUT2D eigenvalue weighted by atomic mass is 32.2. The van der Waals surface area contributed by atoms with Crippen molar-refractivity contribution in [3.8, 4) is 0 Å². The van der Waals surface area contributed by atoms with Crippen molar-refractivity contribution in [3.63, 3.8) is 0 Å². The molecule has 1 aromatic rings. The van der Waals surface area contributed by atoms with Gasteiger partial charge in [0.2, 0.25) is 0 Å². The molecule has 0 spiro atoms. The first kappa shape index (κ1) is 13.9. The van der Waals surface area contributed by atoms with Gasteiger partial charge in [0.1, 0.15) is 0 Å². The van der Waals surface area contributed by atoms with Crippen molar-refractivity contribution in [2.24, 2.45) is 5.92 Å². The average Bonchev–Trinajstić information content (AvgIpc) is 2.37. The summed E-state index contributed by atoms with van der Waals surface area (Å²) >= 11 is 1.82. The van der Waals surface area contributed by atoms with Crippen molar-refractivity contribution < 1.29 is 8.42 Å². The number of hydrogen-bond donors (Lipinski definition) is 1. The van der Waals surface area contributed by atoms with Gasteiger partial charge < -0.3 is 5.32 Å². The van der Waals surface area contributed by atoms with Gasteiger partial charge in [-0.1, -0.05) is 0 Å². The molecule has 0 amide bonds. The van der Waals surface area contributed by atoms with Crippen molar-refractivity contribution in [2.45, 2.75) is 22.6 Å². The van der Waals surface area contributed by atoms with Crippen LogP contribution in [-0.4, -0.2) is 33.5 Å². The average molecular weight is 285 g/mol. The minimum absolute atomic E-state index is 0.397. The number of thioether (sulfide) groups is 1. The number of sulfone groups is 1. The fourth-order valence-electron chi connectivity index (χ4n) is 2.05. The largest absolute Gasteiger partial charge is 0.317 e. The molecule has 0 atom stereocenters. The molecule has 3 nitrogen and oxygen atoms in total. The maximum absolute atomic E-state index is 11.3. The summed E-state index contributed by atoms with van der Waals surface area (Å²) in [5, 5.41) is 3.36. The second kappa shape index (κ2) is 6.08. The maximum Gasteiger partial charge on any atom is 0.175 e. The van der Waals surface area contributed by atoms with E-state index in [9.17, 15) is 8.42 Å². The SMILES string of the molecule is CS(=O)(=O)c1ccc(SCC2CCNCC2)cc1. The fourth-order valence-corrected chi connectivity index (χ4v) is 3.77. The first-order valence-corrected chi connectivity index (χ1v) is 9.07. The van der Waals surface area contributed by atoms with E-state index in [0.717, 1.165) is 29.7 Å². The summed E-state index contributed by atoms with van der Waals surface area (Å²) < 4.78 is 22.7. The van der Waals surface area contributed by atoms with Crippen LogP contribution in [0.3, 0.4) is 0 Å². The molecule has 18 heavy (non-hydrogen) atoms. The first-order chi connectivity index (χ1) is 8.55. The van der Waals surface area contributed by atoms with Gasteiger partial charge >= 0.3 is 0 Å². The molecule has 0 aromatic heterocycles. The standard InChI is InChI=1S/C13H19NO2S2/c1-18(15,16)13-4-2-12(3-5-13)17-10-11-6-8-14-9-7-11/h2-5,11,14H,6-10H2,1H3. The third kappa shape index (κ3) is 4.00. The van der Waals surface area contributed by atoms with Gasteiger partial charge in [-0.3, -0.25) is 0 Å². The molecule has 1 heterocycles. The predicted molar refractivity (Wildman–Crippen MR) is 75.9 cm³/mol. The summed E-state index contributed by atoms with van der Waals surface area (Å²) in [5.41, 5.74) is 0. The van der Waals surface area contributed by atoms with Gasteiger partial charge in [0.05, 0.1) is 4.90 Å². The molecule has 1 saturated heterocycles. The highest BCUT2D eigenvalue weighted by Gasteiger charge is 2.13. The van der Waals surface area contributed by atoms with Crippen LogP contribution < -0.4 is 5.32 Å². The van der Waals surface area contributed by atoms with Crippen molar-refractivity contribution in [1.29, 1.82) is 0 Å². The number of nitrogens with one attached hydrogen (secondary N) is 1. The third-order valence-electron chi connectivity index (χ3n) is 3.20. The second-order valence-corrected chi connectivity index (χ2v) is 7.86. The lowest BCUT2D eigenvalue weighted by molar-refractivity contribution is 0.408. The number of benzene rings is 1. The monoisotopic (exact) mass is 285 g/mol. The molecule has 5 heteroatoms. The van der Waals surface area contributed by atoms with E-state index in [0.29, 0.717) is 4.90 Å². The Kier molecular flexibility index (Phi) is 4.70. The van der Waals surface area contributed by atoms with Gasteiger partial charge in [-0.15, -0.1) is 11.8 Å². The highest BCUT2D eigenvalue weighted by molar-refractivity contribution is 7.99. The van der Waals surface area contributed by atoms with Crippen molar-refractivity contribution in [1.82, 2.24) is 5.32 Å². The molecule has 0 bridgehead atoms. The predicted octanol–water partition coefficient (Wildman–Crippen LogP) is 2.18. The summed E-state index contributed by atoms with van der Waals surface area (Å²) in [6, 6.07) is 7.20. The van der Waals surface area contributed by atoms with Crippen LogP contribution in [0.4, 0.5) is 0 Å². The Balaban J connectivity index is 1.90. The van der Waals surface area contributed by atoms with Crippen LogP contribution in [0, 0.1) is 5.92 Å². The van der Waals surface area contributed by atoms with E-state index in [-0.39, 0.29) is 0 Å². The van der Waals surface area contributed by atoms with E-state index in [1.54, 1.807) is 12.1 Å². The summed E-state index contributed by atoms with van der Waals surface area (Å²) in [6.45, 7) is 2.25. The zero-order valence-corrected chi connectivity index (χ0v) is 12.2. The van der Waals surface area contributed by atoms with Gasteiger partial charge in [-0.2, -0.15) is 0 Å². The summed E-state index contributed by atoms with van der Waals surface area (Å²) in [4.78, 5) is 1.55. The number of piperidine rings is 1. The van der Waals surface area contributed by atoms with Crippen molar-refractivity contribution in [3.05, 3.63) is 24.3 Å². The highest BCUT2D eigenvalue weighted by Crippen LogP contribution is 2.25. The Morgan fingerprint density at radius 2 is 1.83 bits per heavy atom. The molecular weight excluding hydrogens is 266 g/mol. The Labute approximate surface area is 113 Å². The molecule has 0 radical (unpaired) electrons. The normalized spacial score (nSPS) is 17.8. The molecule has 0 unspecified atom stereocenters. The lowest BCUT2D eigenvalue weighted by atomic mass is 10.0. The van der Waals surface area contributed by atoms with Gasteiger partial charge in [0, 0.05) is 16.9 Å². The molecule has 0 aliphatic carbocycles. The number of hydrogen-bond acceptors (Lipinski definition) is 4. The molecule has 0 saturated carbocycles. The fraction of sp³-hybridized carbons (Fsp3) is 0.538. The first-order valence-electron chi connectivity index (χ1n) is 6.19. The van der Waals surface area contributed by atoms with Gasteiger partial charge in [0.15, 0.2) is 9.84 Å². The van der Waals surface area contributed by atoms with Crippen molar-refractivity contribution >= 4 is 21.6 Å². The molecule has 1 fully saturated rings. The Bertz CT molecular complexity index is 476. The van der Waals surface area contributed by atoms with Gasteiger partial charge in [0.25, 0.3) is 0 Å². The molecule has 1 N–H and O–H groups in total. The Morgan fingerprint density at radius 3 is 2.39 bits per heavy atom. The zero-order valence-electron chi connectivity index (χ0n) is 10.6. The van der Waals surface area contributed by atoms with E-state index >= 15 is 0 Å². The van der Waals surface area contributed by atoms with Crippen LogP contribution in [0.5, 0.6) is 0 Å². The maximum atomic E-state index is 11.3. The van der Waals surface area contributed by atoms with E-state index in [1.807, 2.05) is 23.9 Å². The molecular formula is C13H19NO2S2. The lowest BCUT2D eigenvalue weighted by Crippen LogP contribution is -2.28. The molecule has 1 aliphatic rings. The summed E-state index contributed by atoms with van der Waals surface area (Å²) in [5.74, 6) is 1.91. The van der Waals surface area contributed by atoms with Gasteiger partial charge in [-0.05, 0) is 56.1 Å². The number of rotatable bonds is 4. The quantitative estimate of drug-likeness (QED) is 0.861. The molecule has 1 aromatic carbocycles. The smallest absolute Gasteiger partial charge is 0.175 e. The van der Waals surface area contributed by atoms with Gasteiger partial charge in [-0.25, -0.2) is 8.42 Å². The zero-order chi connectivity index (χ0) is 13.0. The Hall–Kier alpha value is -0.520. The van der Waals surface area contributed by atoms with Crippen LogP contribution in [0.1, 0.15) is 12.8 Å². The van der Waals surface area contributed by atoms with Crippen LogP contribution in [0.25, 0.3) is 0 Å². The van der Waals surface area contributed by atoms with Crippen molar-refractivity contribution in [2.75, 3.05) is 25.1 Å². The van der Waals surface area contributed by atoms with Crippen LogP contribution in [-0.2, 0) is 9.84 Å². The lowest BCUT2D eigenvalue weighted by Gasteiger charge is -2.22. The van der Waals surface area contributed by atoms with Crippen LogP contribution >= 0.6 is 11.8 Å². The minimum atomic E-state index is -3.07. The second-order valence-electron chi connectivity index (χ2n) is 4.75. The van der Waals surface area contributed by atoms with E-state index in [2.05, 4.69) is 5.32 Å². The topological polar surface area (TPSA) is 46.2 Å². The summed E-state index contributed by atoms with van der Waals surface area (Å²) in [6.07, 6.45) is 3.73.